The summed E-state index contributed by atoms with van der Waals surface area (Å²) in [6, 6.07) is 21.6. The first-order chi connectivity index (χ1) is 14.0. The van der Waals surface area contributed by atoms with E-state index >= 15 is 0 Å². The van der Waals surface area contributed by atoms with Crippen molar-refractivity contribution < 1.29 is 14.3 Å². The van der Waals surface area contributed by atoms with Crippen molar-refractivity contribution in [3.8, 4) is 11.1 Å². The second-order valence-electron chi connectivity index (χ2n) is 6.58. The van der Waals surface area contributed by atoms with Gasteiger partial charge in [-0.15, -0.1) is 0 Å². The number of esters is 1. The highest BCUT2D eigenvalue weighted by atomic mass is 35.5. The molecule has 0 aliphatic rings. The second-order valence-corrected chi connectivity index (χ2v) is 7.43. The molecular formula is C24H20Cl2O3. The Morgan fingerprint density at radius 3 is 2.21 bits per heavy atom. The van der Waals surface area contributed by atoms with Crippen LogP contribution in [0.4, 0.5) is 0 Å². The average molecular weight is 427 g/mol. The zero-order chi connectivity index (χ0) is 20.6. The zero-order valence-electron chi connectivity index (χ0n) is 15.7. The van der Waals surface area contributed by atoms with Crippen LogP contribution in [0.15, 0.2) is 72.8 Å². The zero-order valence-corrected chi connectivity index (χ0v) is 17.2. The number of halogens is 2. The van der Waals surface area contributed by atoms with Gasteiger partial charge in [-0.2, -0.15) is 0 Å². The van der Waals surface area contributed by atoms with E-state index in [2.05, 4.69) is 0 Å². The Morgan fingerprint density at radius 2 is 1.52 bits per heavy atom. The number of rotatable bonds is 8. The quantitative estimate of drug-likeness (QED) is 0.224. The van der Waals surface area contributed by atoms with Crippen molar-refractivity contribution in [2.75, 3.05) is 6.61 Å². The van der Waals surface area contributed by atoms with E-state index in [-0.39, 0.29) is 11.8 Å². The Kier molecular flexibility index (Phi) is 7.45. The number of hydrogen-bond acceptors (Lipinski definition) is 3. The SMILES string of the molecule is O=C(CCCCOC(=O)c1ccccc1)c1ccc(-c2ccc(Cl)cc2Cl)cc1. The molecule has 0 radical (unpaired) electrons. The van der Waals surface area contributed by atoms with Gasteiger partial charge in [0, 0.05) is 27.6 Å². The monoisotopic (exact) mass is 426 g/mol. The van der Waals surface area contributed by atoms with Crippen LogP contribution >= 0.6 is 23.2 Å². The largest absolute Gasteiger partial charge is 0.462 e. The molecule has 3 aromatic rings. The summed E-state index contributed by atoms with van der Waals surface area (Å²) in [4.78, 5) is 24.2. The molecule has 0 aliphatic heterocycles. The molecule has 0 spiro atoms. The van der Waals surface area contributed by atoms with Crippen LogP contribution in [0.1, 0.15) is 40.0 Å². The van der Waals surface area contributed by atoms with Gasteiger partial charge in [-0.1, -0.05) is 71.7 Å². The maximum Gasteiger partial charge on any atom is 0.338 e. The van der Waals surface area contributed by atoms with Crippen LogP contribution in [-0.2, 0) is 4.74 Å². The van der Waals surface area contributed by atoms with E-state index in [1.165, 1.54) is 0 Å². The van der Waals surface area contributed by atoms with E-state index in [0.717, 1.165) is 11.1 Å². The Morgan fingerprint density at radius 1 is 0.793 bits per heavy atom. The molecule has 3 nitrogen and oxygen atoms in total. The van der Waals surface area contributed by atoms with E-state index in [4.69, 9.17) is 27.9 Å². The molecule has 3 aromatic carbocycles. The molecule has 0 heterocycles. The molecule has 5 heteroatoms. The average Bonchev–Trinajstić information content (AvgIpc) is 2.74. The van der Waals surface area contributed by atoms with Crippen LogP contribution in [0.2, 0.25) is 10.0 Å². The molecule has 0 bridgehead atoms. The summed E-state index contributed by atoms with van der Waals surface area (Å²) in [5, 5.41) is 1.15. The van der Waals surface area contributed by atoms with Crippen molar-refractivity contribution in [3.05, 3.63) is 94.0 Å². The molecule has 0 aromatic heterocycles. The number of hydrogen-bond donors (Lipinski definition) is 0. The van der Waals surface area contributed by atoms with Crippen molar-refractivity contribution in [2.24, 2.45) is 0 Å². The van der Waals surface area contributed by atoms with Crippen molar-refractivity contribution >= 4 is 35.0 Å². The molecule has 148 valence electrons. The normalized spacial score (nSPS) is 10.6. The van der Waals surface area contributed by atoms with E-state index < -0.39 is 0 Å². The summed E-state index contributed by atoms with van der Waals surface area (Å²) >= 11 is 12.2. The molecule has 0 atom stereocenters. The first-order valence-corrected chi connectivity index (χ1v) is 10.1. The predicted octanol–water partition coefficient (Wildman–Crippen LogP) is 6.87. The van der Waals surface area contributed by atoms with Crippen molar-refractivity contribution in [3.63, 3.8) is 0 Å². The number of carbonyl (C=O) groups is 2. The minimum absolute atomic E-state index is 0.0631. The van der Waals surface area contributed by atoms with Crippen LogP contribution in [-0.4, -0.2) is 18.4 Å². The summed E-state index contributed by atoms with van der Waals surface area (Å²) in [6.07, 6.45) is 1.71. The minimum atomic E-state index is -0.339. The fourth-order valence-electron chi connectivity index (χ4n) is 2.91. The molecule has 0 N–H and O–H groups in total. The van der Waals surface area contributed by atoms with Gasteiger partial charge in [-0.25, -0.2) is 4.79 Å². The van der Waals surface area contributed by atoms with E-state index in [9.17, 15) is 9.59 Å². The minimum Gasteiger partial charge on any atom is -0.462 e. The van der Waals surface area contributed by atoms with Crippen molar-refractivity contribution in [1.29, 1.82) is 0 Å². The van der Waals surface area contributed by atoms with Crippen LogP contribution in [0, 0.1) is 0 Å². The van der Waals surface area contributed by atoms with Gasteiger partial charge in [0.05, 0.1) is 12.2 Å². The number of ether oxygens (including phenoxy) is 1. The van der Waals surface area contributed by atoms with Crippen molar-refractivity contribution in [2.45, 2.75) is 19.3 Å². The van der Waals surface area contributed by atoms with Crippen LogP contribution < -0.4 is 0 Å². The molecule has 0 saturated carbocycles. The first kappa shape index (κ1) is 21.1. The third-order valence-corrected chi connectivity index (χ3v) is 5.04. The van der Waals surface area contributed by atoms with Gasteiger partial charge < -0.3 is 4.74 Å². The third-order valence-electron chi connectivity index (χ3n) is 4.49. The molecule has 0 aliphatic carbocycles. The molecular weight excluding hydrogens is 407 g/mol. The molecule has 0 amide bonds. The Balaban J connectivity index is 1.45. The smallest absolute Gasteiger partial charge is 0.338 e. The lowest BCUT2D eigenvalue weighted by Crippen LogP contribution is -2.07. The van der Waals surface area contributed by atoms with Crippen molar-refractivity contribution in [1.82, 2.24) is 0 Å². The first-order valence-electron chi connectivity index (χ1n) is 9.35. The molecule has 0 fully saturated rings. The number of benzene rings is 3. The Bertz CT molecular complexity index is 983. The second kappa shape index (κ2) is 10.2. The summed E-state index contributed by atoms with van der Waals surface area (Å²) in [5.41, 5.74) is 2.98. The number of unbranched alkanes of at least 4 members (excludes halogenated alkanes) is 1. The van der Waals surface area contributed by atoms with Gasteiger partial charge in [0.25, 0.3) is 0 Å². The highest BCUT2D eigenvalue weighted by Crippen LogP contribution is 2.30. The lowest BCUT2D eigenvalue weighted by Gasteiger charge is -2.07. The van der Waals surface area contributed by atoms with Gasteiger partial charge >= 0.3 is 5.97 Å². The summed E-state index contributed by atoms with van der Waals surface area (Å²) in [6.45, 7) is 0.301. The van der Waals surface area contributed by atoms with Gasteiger partial charge in [-0.05, 0) is 42.7 Å². The fraction of sp³-hybridized carbons (Fsp3) is 0.167. The number of carbonyl (C=O) groups excluding carboxylic acids is 2. The standard InChI is InChI=1S/C24H20Cl2O3/c25-20-13-14-21(22(26)16-20)17-9-11-18(12-10-17)23(27)8-4-5-15-29-24(28)19-6-2-1-3-7-19/h1-3,6-7,9-14,16H,4-5,8,15H2. The third kappa shape index (κ3) is 5.93. The van der Waals surface area contributed by atoms with E-state index in [0.29, 0.717) is 47.0 Å². The van der Waals surface area contributed by atoms with E-state index in [1.54, 1.807) is 48.5 Å². The summed E-state index contributed by atoms with van der Waals surface area (Å²) in [5.74, 6) is -0.276. The van der Waals surface area contributed by atoms with Gasteiger partial charge in [-0.3, -0.25) is 4.79 Å². The predicted molar refractivity (Wildman–Crippen MR) is 117 cm³/mol. The number of ketones is 1. The van der Waals surface area contributed by atoms with Crippen LogP contribution in [0.3, 0.4) is 0 Å². The highest BCUT2D eigenvalue weighted by Gasteiger charge is 2.09. The maximum atomic E-state index is 12.4. The maximum absolute atomic E-state index is 12.4. The summed E-state index contributed by atoms with van der Waals surface area (Å²) < 4.78 is 5.23. The molecule has 29 heavy (non-hydrogen) atoms. The molecule has 3 rings (SSSR count). The Hall–Kier alpha value is -2.62. The highest BCUT2D eigenvalue weighted by molar-refractivity contribution is 6.36. The fourth-order valence-corrected chi connectivity index (χ4v) is 3.43. The van der Waals surface area contributed by atoms with Gasteiger partial charge in [0.1, 0.15) is 0 Å². The lowest BCUT2D eigenvalue weighted by molar-refractivity contribution is 0.0498. The van der Waals surface area contributed by atoms with Gasteiger partial charge in [0.2, 0.25) is 0 Å². The summed E-state index contributed by atoms with van der Waals surface area (Å²) in [7, 11) is 0. The number of Topliss-reactive ketones (excluding diaryl/α,β-unsaturated/α-hetero) is 1. The van der Waals surface area contributed by atoms with Gasteiger partial charge in [0.15, 0.2) is 5.78 Å². The van der Waals surface area contributed by atoms with Crippen LogP contribution in [0.5, 0.6) is 0 Å². The lowest BCUT2D eigenvalue weighted by atomic mass is 10.0. The van der Waals surface area contributed by atoms with E-state index in [1.807, 2.05) is 24.3 Å². The molecule has 0 saturated heterocycles. The van der Waals surface area contributed by atoms with Crippen LogP contribution in [0.25, 0.3) is 11.1 Å². The Labute approximate surface area is 180 Å². The topological polar surface area (TPSA) is 43.4 Å². The molecule has 0 unspecified atom stereocenters.